The Balaban J connectivity index is 1.78. The van der Waals surface area contributed by atoms with Crippen molar-refractivity contribution in [1.82, 2.24) is 4.90 Å². The standard InChI is InChI=1S/C21H26N2O3/c1-15-10-19(18-7-4-8-20(12-18)23(24)25)11-16(2)21(15)26-14-17-6-5-9-22(3)13-17/h4,7-8,10-12,17H,5-6,9,13-14H2,1-3H3. The molecule has 1 atom stereocenters. The normalized spacial score (nSPS) is 17.9. The molecular weight excluding hydrogens is 328 g/mol. The van der Waals surface area contributed by atoms with Crippen LogP contribution < -0.4 is 4.74 Å². The molecule has 0 N–H and O–H groups in total. The fourth-order valence-electron chi connectivity index (χ4n) is 3.75. The van der Waals surface area contributed by atoms with Gasteiger partial charge in [0.2, 0.25) is 0 Å². The predicted molar refractivity (Wildman–Crippen MR) is 104 cm³/mol. The molecule has 0 saturated carbocycles. The maximum atomic E-state index is 11.0. The van der Waals surface area contributed by atoms with Crippen LogP contribution in [0.4, 0.5) is 5.69 Å². The lowest BCUT2D eigenvalue weighted by Crippen LogP contribution is -2.34. The van der Waals surface area contributed by atoms with E-state index in [9.17, 15) is 10.1 Å². The minimum atomic E-state index is -0.359. The van der Waals surface area contributed by atoms with Crippen LogP contribution in [0.3, 0.4) is 0 Å². The summed E-state index contributed by atoms with van der Waals surface area (Å²) < 4.78 is 6.17. The largest absolute Gasteiger partial charge is 0.493 e. The molecule has 1 unspecified atom stereocenters. The Labute approximate surface area is 154 Å². The zero-order valence-corrected chi connectivity index (χ0v) is 15.7. The molecule has 1 aliphatic rings. The van der Waals surface area contributed by atoms with Gasteiger partial charge in [-0.15, -0.1) is 0 Å². The van der Waals surface area contributed by atoms with E-state index >= 15 is 0 Å². The molecule has 1 fully saturated rings. The van der Waals surface area contributed by atoms with Crippen LogP contribution in [0.15, 0.2) is 36.4 Å². The molecule has 1 aliphatic heterocycles. The van der Waals surface area contributed by atoms with Crippen molar-refractivity contribution in [2.24, 2.45) is 5.92 Å². The van der Waals surface area contributed by atoms with Crippen LogP contribution in [0.1, 0.15) is 24.0 Å². The number of nitrogens with zero attached hydrogens (tertiary/aromatic N) is 2. The van der Waals surface area contributed by atoms with Gasteiger partial charge in [-0.1, -0.05) is 12.1 Å². The topological polar surface area (TPSA) is 55.6 Å². The lowest BCUT2D eigenvalue weighted by Gasteiger charge is -2.29. The minimum absolute atomic E-state index is 0.111. The number of likely N-dealkylation sites (tertiary alicyclic amines) is 1. The van der Waals surface area contributed by atoms with Gasteiger partial charge in [0, 0.05) is 24.6 Å². The zero-order chi connectivity index (χ0) is 18.7. The van der Waals surface area contributed by atoms with Crippen molar-refractivity contribution in [3.8, 4) is 16.9 Å². The number of benzene rings is 2. The number of non-ortho nitro benzene ring substituents is 1. The predicted octanol–water partition coefficient (Wildman–Crippen LogP) is 4.60. The maximum Gasteiger partial charge on any atom is 0.270 e. The highest BCUT2D eigenvalue weighted by Gasteiger charge is 2.19. The molecule has 1 heterocycles. The van der Waals surface area contributed by atoms with Crippen LogP contribution in [-0.4, -0.2) is 36.6 Å². The zero-order valence-electron chi connectivity index (χ0n) is 15.7. The SMILES string of the molecule is Cc1cc(-c2cccc([N+](=O)[O-])c2)cc(C)c1OCC1CCCN(C)C1. The molecule has 0 radical (unpaired) electrons. The Morgan fingerprint density at radius 1 is 1.19 bits per heavy atom. The van der Waals surface area contributed by atoms with Crippen molar-refractivity contribution >= 4 is 5.69 Å². The Kier molecular flexibility index (Phi) is 5.57. The molecule has 138 valence electrons. The number of nitro groups is 1. The van der Waals surface area contributed by atoms with Crippen molar-refractivity contribution < 1.29 is 9.66 Å². The molecule has 0 bridgehead atoms. The van der Waals surface area contributed by atoms with E-state index in [0.29, 0.717) is 5.92 Å². The summed E-state index contributed by atoms with van der Waals surface area (Å²) in [7, 11) is 2.16. The van der Waals surface area contributed by atoms with Gasteiger partial charge in [0.05, 0.1) is 11.5 Å². The number of aryl methyl sites for hydroxylation is 2. The summed E-state index contributed by atoms with van der Waals surface area (Å²) in [6, 6.07) is 10.9. The average molecular weight is 354 g/mol. The summed E-state index contributed by atoms with van der Waals surface area (Å²) in [4.78, 5) is 13.0. The fourth-order valence-corrected chi connectivity index (χ4v) is 3.75. The third-order valence-electron chi connectivity index (χ3n) is 5.04. The number of rotatable bonds is 5. The van der Waals surface area contributed by atoms with Crippen molar-refractivity contribution in [3.05, 3.63) is 57.6 Å². The Morgan fingerprint density at radius 3 is 2.58 bits per heavy atom. The highest BCUT2D eigenvalue weighted by atomic mass is 16.6. The second-order valence-corrected chi connectivity index (χ2v) is 7.33. The van der Waals surface area contributed by atoms with Gasteiger partial charge in [-0.25, -0.2) is 0 Å². The lowest BCUT2D eigenvalue weighted by molar-refractivity contribution is -0.384. The van der Waals surface area contributed by atoms with E-state index in [1.165, 1.54) is 25.5 Å². The average Bonchev–Trinajstić information content (AvgIpc) is 2.61. The van der Waals surface area contributed by atoms with E-state index in [2.05, 4.69) is 11.9 Å². The molecule has 5 nitrogen and oxygen atoms in total. The molecule has 26 heavy (non-hydrogen) atoms. The Hall–Kier alpha value is -2.40. The molecule has 2 aromatic rings. The van der Waals surface area contributed by atoms with Crippen molar-refractivity contribution in [2.45, 2.75) is 26.7 Å². The number of nitro benzene ring substituents is 1. The number of hydrogen-bond donors (Lipinski definition) is 0. The molecule has 0 aliphatic carbocycles. The summed E-state index contributed by atoms with van der Waals surface area (Å²) in [5.74, 6) is 1.51. The van der Waals surface area contributed by atoms with E-state index in [1.54, 1.807) is 12.1 Å². The van der Waals surface area contributed by atoms with Gasteiger partial charge in [-0.05, 0) is 74.7 Å². The smallest absolute Gasteiger partial charge is 0.270 e. The molecular formula is C21H26N2O3. The van der Waals surface area contributed by atoms with Gasteiger partial charge >= 0.3 is 0 Å². The Morgan fingerprint density at radius 2 is 1.92 bits per heavy atom. The monoisotopic (exact) mass is 354 g/mol. The number of piperidine rings is 1. The van der Waals surface area contributed by atoms with Crippen LogP contribution >= 0.6 is 0 Å². The molecule has 5 heteroatoms. The molecule has 2 aromatic carbocycles. The van der Waals surface area contributed by atoms with Crippen LogP contribution in [-0.2, 0) is 0 Å². The first-order valence-electron chi connectivity index (χ1n) is 9.11. The molecule has 3 rings (SSSR count). The van der Waals surface area contributed by atoms with Crippen LogP contribution in [0, 0.1) is 29.9 Å². The summed E-state index contributed by atoms with van der Waals surface area (Å²) in [5.41, 5.74) is 4.07. The quantitative estimate of drug-likeness (QED) is 0.582. The molecule has 0 aromatic heterocycles. The Bertz CT molecular complexity index is 781. The van der Waals surface area contributed by atoms with Gasteiger partial charge < -0.3 is 9.64 Å². The second kappa shape index (κ2) is 7.87. The summed E-state index contributed by atoms with van der Waals surface area (Å²) in [5, 5.41) is 11.0. The van der Waals surface area contributed by atoms with Crippen LogP contribution in [0.25, 0.3) is 11.1 Å². The van der Waals surface area contributed by atoms with E-state index in [1.807, 2.05) is 32.0 Å². The van der Waals surface area contributed by atoms with Gasteiger partial charge in [-0.2, -0.15) is 0 Å². The lowest BCUT2D eigenvalue weighted by atomic mass is 9.98. The van der Waals surface area contributed by atoms with Crippen molar-refractivity contribution in [1.29, 1.82) is 0 Å². The first-order chi connectivity index (χ1) is 12.4. The first kappa shape index (κ1) is 18.4. The number of ether oxygens (including phenoxy) is 1. The summed E-state index contributed by atoms with van der Waals surface area (Å²) >= 11 is 0. The minimum Gasteiger partial charge on any atom is -0.493 e. The van der Waals surface area contributed by atoms with E-state index in [-0.39, 0.29) is 10.6 Å². The third kappa shape index (κ3) is 4.22. The summed E-state index contributed by atoms with van der Waals surface area (Å²) in [6.45, 7) is 7.07. The first-order valence-corrected chi connectivity index (χ1v) is 9.11. The highest BCUT2D eigenvalue weighted by molar-refractivity contribution is 5.69. The molecule has 0 amide bonds. The van der Waals surface area contributed by atoms with E-state index in [0.717, 1.165) is 41.2 Å². The van der Waals surface area contributed by atoms with Gasteiger partial charge in [0.15, 0.2) is 0 Å². The maximum absolute atomic E-state index is 11.0. The van der Waals surface area contributed by atoms with Crippen LogP contribution in [0.5, 0.6) is 5.75 Å². The van der Waals surface area contributed by atoms with E-state index < -0.39 is 0 Å². The van der Waals surface area contributed by atoms with Crippen molar-refractivity contribution in [3.63, 3.8) is 0 Å². The van der Waals surface area contributed by atoms with Gasteiger partial charge in [0.1, 0.15) is 5.75 Å². The second-order valence-electron chi connectivity index (χ2n) is 7.33. The molecule has 1 saturated heterocycles. The van der Waals surface area contributed by atoms with Crippen LogP contribution in [0.2, 0.25) is 0 Å². The highest BCUT2D eigenvalue weighted by Crippen LogP contribution is 2.32. The third-order valence-corrected chi connectivity index (χ3v) is 5.04. The fraction of sp³-hybridized carbons (Fsp3) is 0.429. The molecule has 0 spiro atoms. The van der Waals surface area contributed by atoms with Crippen molar-refractivity contribution in [2.75, 3.05) is 26.7 Å². The van der Waals surface area contributed by atoms with Gasteiger partial charge in [-0.3, -0.25) is 10.1 Å². The van der Waals surface area contributed by atoms with Gasteiger partial charge in [0.25, 0.3) is 5.69 Å². The summed E-state index contributed by atoms with van der Waals surface area (Å²) in [6.07, 6.45) is 2.45. The number of hydrogen-bond acceptors (Lipinski definition) is 4. The van der Waals surface area contributed by atoms with E-state index in [4.69, 9.17) is 4.74 Å².